The number of aliphatic hydroxyl groups is 1. The summed E-state index contributed by atoms with van der Waals surface area (Å²) in [7, 11) is 0. The molecule has 0 radical (unpaired) electrons. The average molecular weight is 244 g/mol. The Morgan fingerprint density at radius 3 is 2.81 bits per heavy atom. The number of amides is 1. The van der Waals surface area contributed by atoms with Crippen molar-refractivity contribution in [2.24, 2.45) is 0 Å². The van der Waals surface area contributed by atoms with Crippen LogP contribution in [0, 0.1) is 0 Å². The Kier molecular flexibility index (Phi) is 5.08. The molecule has 0 saturated heterocycles. The van der Waals surface area contributed by atoms with E-state index in [0.29, 0.717) is 10.6 Å². The first-order valence-electron chi connectivity index (χ1n) is 4.97. The molecule has 0 saturated carbocycles. The summed E-state index contributed by atoms with van der Waals surface area (Å²) in [4.78, 5) is 11.2. The number of benzene rings is 1. The van der Waals surface area contributed by atoms with Gasteiger partial charge in [-0.05, 0) is 18.6 Å². The number of ether oxygens (including phenoxy) is 1. The highest BCUT2D eigenvalue weighted by atomic mass is 35.5. The largest absolute Gasteiger partial charge is 0.450 e. The van der Waals surface area contributed by atoms with Gasteiger partial charge in [0.05, 0.1) is 19.3 Å². The Hall–Kier alpha value is -1.26. The van der Waals surface area contributed by atoms with Gasteiger partial charge in [0.2, 0.25) is 0 Å². The average Bonchev–Trinajstić information content (AvgIpc) is 2.27. The maximum absolute atomic E-state index is 11.2. The van der Waals surface area contributed by atoms with Crippen LogP contribution in [0.3, 0.4) is 0 Å². The molecule has 16 heavy (non-hydrogen) atoms. The van der Waals surface area contributed by atoms with E-state index in [4.69, 9.17) is 16.3 Å². The second kappa shape index (κ2) is 6.35. The molecule has 1 amide bonds. The van der Waals surface area contributed by atoms with E-state index in [9.17, 15) is 9.90 Å². The molecule has 1 rings (SSSR count). The van der Waals surface area contributed by atoms with Crippen molar-refractivity contribution < 1.29 is 14.6 Å². The minimum absolute atomic E-state index is 0.234. The predicted octanol–water partition coefficient (Wildman–Crippen LogP) is 2.12. The van der Waals surface area contributed by atoms with Crippen LogP contribution in [0.2, 0.25) is 5.02 Å². The Morgan fingerprint density at radius 1 is 1.56 bits per heavy atom. The summed E-state index contributed by atoms with van der Waals surface area (Å²) < 4.78 is 4.73. The van der Waals surface area contributed by atoms with Crippen molar-refractivity contribution in [1.82, 2.24) is 5.32 Å². The van der Waals surface area contributed by atoms with Crippen molar-refractivity contribution in [2.75, 3.05) is 13.2 Å². The van der Waals surface area contributed by atoms with Crippen LogP contribution in [0.5, 0.6) is 0 Å². The van der Waals surface area contributed by atoms with Crippen LogP contribution in [0.1, 0.15) is 18.5 Å². The second-order valence-electron chi connectivity index (χ2n) is 3.12. The van der Waals surface area contributed by atoms with Gasteiger partial charge < -0.3 is 15.2 Å². The van der Waals surface area contributed by atoms with Crippen LogP contribution in [-0.2, 0) is 4.74 Å². The number of hydrogen-bond acceptors (Lipinski definition) is 3. The quantitative estimate of drug-likeness (QED) is 0.852. The monoisotopic (exact) mass is 243 g/mol. The van der Waals surface area contributed by atoms with E-state index in [1.54, 1.807) is 31.2 Å². The smallest absolute Gasteiger partial charge is 0.407 e. The van der Waals surface area contributed by atoms with E-state index in [1.165, 1.54) is 0 Å². The zero-order valence-electron chi connectivity index (χ0n) is 8.94. The molecule has 0 aliphatic heterocycles. The Balaban J connectivity index is 2.75. The van der Waals surface area contributed by atoms with E-state index in [0.717, 1.165) is 0 Å². The number of alkyl carbamates (subject to hydrolysis) is 1. The van der Waals surface area contributed by atoms with Crippen LogP contribution in [-0.4, -0.2) is 24.4 Å². The zero-order valence-corrected chi connectivity index (χ0v) is 9.70. The van der Waals surface area contributed by atoms with Crippen molar-refractivity contribution in [3.05, 3.63) is 34.9 Å². The van der Waals surface area contributed by atoms with Crippen LogP contribution in [0.15, 0.2) is 24.3 Å². The molecule has 0 unspecified atom stereocenters. The SMILES string of the molecule is CCOC(=O)N[C@@H](CO)c1ccccc1Cl. The summed E-state index contributed by atoms with van der Waals surface area (Å²) in [6.45, 7) is 1.76. The first-order chi connectivity index (χ1) is 7.69. The molecule has 0 spiro atoms. The summed E-state index contributed by atoms with van der Waals surface area (Å²) in [5, 5.41) is 12.2. The summed E-state index contributed by atoms with van der Waals surface area (Å²) in [6.07, 6.45) is -0.568. The van der Waals surface area contributed by atoms with Crippen molar-refractivity contribution in [2.45, 2.75) is 13.0 Å². The molecule has 0 aliphatic carbocycles. The van der Waals surface area contributed by atoms with Crippen molar-refractivity contribution in [1.29, 1.82) is 0 Å². The van der Waals surface area contributed by atoms with Gasteiger partial charge in [-0.25, -0.2) is 4.79 Å². The maximum Gasteiger partial charge on any atom is 0.407 e. The molecule has 88 valence electrons. The third-order valence-electron chi connectivity index (χ3n) is 2.03. The van der Waals surface area contributed by atoms with Gasteiger partial charge >= 0.3 is 6.09 Å². The highest BCUT2D eigenvalue weighted by Gasteiger charge is 2.16. The number of hydrogen-bond donors (Lipinski definition) is 2. The van der Waals surface area contributed by atoms with Gasteiger partial charge in [-0.2, -0.15) is 0 Å². The lowest BCUT2D eigenvalue weighted by Crippen LogP contribution is -2.31. The third kappa shape index (κ3) is 3.40. The van der Waals surface area contributed by atoms with Gasteiger partial charge in [0, 0.05) is 5.02 Å². The molecule has 0 heterocycles. The number of rotatable bonds is 4. The van der Waals surface area contributed by atoms with Gasteiger partial charge in [-0.15, -0.1) is 0 Å². The Morgan fingerprint density at radius 2 is 2.25 bits per heavy atom. The summed E-state index contributed by atoms with van der Waals surface area (Å²) in [6, 6.07) is 6.47. The van der Waals surface area contributed by atoms with E-state index in [-0.39, 0.29) is 13.2 Å². The summed E-state index contributed by atoms with van der Waals surface area (Å²) in [5.41, 5.74) is 0.666. The van der Waals surface area contributed by atoms with Gasteiger partial charge in [0.25, 0.3) is 0 Å². The lowest BCUT2D eigenvalue weighted by molar-refractivity contribution is 0.140. The van der Waals surface area contributed by atoms with Crippen molar-refractivity contribution >= 4 is 17.7 Å². The molecule has 0 fully saturated rings. The van der Waals surface area contributed by atoms with Crippen LogP contribution < -0.4 is 5.32 Å². The number of nitrogens with one attached hydrogen (secondary N) is 1. The van der Waals surface area contributed by atoms with Gasteiger partial charge in [0.1, 0.15) is 0 Å². The fourth-order valence-corrected chi connectivity index (χ4v) is 1.56. The Labute approximate surface area is 99.2 Å². The number of carbonyl (C=O) groups is 1. The zero-order chi connectivity index (χ0) is 12.0. The molecular formula is C11H14ClNO3. The molecule has 2 N–H and O–H groups in total. The van der Waals surface area contributed by atoms with Crippen LogP contribution >= 0.6 is 11.6 Å². The molecule has 0 aliphatic rings. The van der Waals surface area contributed by atoms with Crippen LogP contribution in [0.4, 0.5) is 4.79 Å². The lowest BCUT2D eigenvalue weighted by Gasteiger charge is -2.17. The normalized spacial score (nSPS) is 11.9. The van der Waals surface area contributed by atoms with Gasteiger partial charge in [-0.1, -0.05) is 29.8 Å². The first-order valence-corrected chi connectivity index (χ1v) is 5.35. The highest BCUT2D eigenvalue weighted by Crippen LogP contribution is 2.22. The standard InChI is InChI=1S/C11H14ClNO3/c1-2-16-11(15)13-10(7-14)8-5-3-4-6-9(8)12/h3-6,10,14H,2,7H2,1H3,(H,13,15)/t10-/m0/s1. The number of carbonyl (C=O) groups excluding carboxylic acids is 1. The molecule has 1 aromatic rings. The lowest BCUT2D eigenvalue weighted by atomic mass is 10.1. The van der Waals surface area contributed by atoms with Gasteiger partial charge in [-0.3, -0.25) is 0 Å². The summed E-state index contributed by atoms with van der Waals surface area (Å²) in [5.74, 6) is 0. The van der Waals surface area contributed by atoms with Crippen molar-refractivity contribution in [3.8, 4) is 0 Å². The first kappa shape index (κ1) is 12.8. The number of aliphatic hydroxyl groups excluding tert-OH is 1. The molecule has 4 nitrogen and oxygen atoms in total. The van der Waals surface area contributed by atoms with E-state index < -0.39 is 12.1 Å². The van der Waals surface area contributed by atoms with E-state index >= 15 is 0 Å². The molecular weight excluding hydrogens is 230 g/mol. The topological polar surface area (TPSA) is 58.6 Å². The maximum atomic E-state index is 11.2. The fraction of sp³-hybridized carbons (Fsp3) is 0.364. The molecule has 1 atom stereocenters. The predicted molar refractivity (Wildman–Crippen MR) is 61.4 cm³/mol. The van der Waals surface area contributed by atoms with Crippen LogP contribution in [0.25, 0.3) is 0 Å². The molecule has 0 bridgehead atoms. The second-order valence-corrected chi connectivity index (χ2v) is 3.53. The summed E-state index contributed by atoms with van der Waals surface area (Å²) >= 11 is 5.96. The third-order valence-corrected chi connectivity index (χ3v) is 2.37. The minimum Gasteiger partial charge on any atom is -0.450 e. The minimum atomic E-state index is -0.568. The van der Waals surface area contributed by atoms with Gasteiger partial charge in [0.15, 0.2) is 0 Å². The van der Waals surface area contributed by atoms with Crippen molar-refractivity contribution in [3.63, 3.8) is 0 Å². The molecule has 0 aromatic heterocycles. The molecule has 1 aromatic carbocycles. The fourth-order valence-electron chi connectivity index (χ4n) is 1.29. The van der Waals surface area contributed by atoms with E-state index in [2.05, 4.69) is 5.32 Å². The molecule has 5 heteroatoms. The Bertz CT molecular complexity index is 357. The highest BCUT2D eigenvalue weighted by molar-refractivity contribution is 6.31. The van der Waals surface area contributed by atoms with E-state index in [1.807, 2.05) is 0 Å². The number of halogens is 1.